The lowest BCUT2D eigenvalue weighted by atomic mass is 9.92. The molecule has 2 aliphatic carbocycles. The van der Waals surface area contributed by atoms with E-state index >= 15 is 0 Å². The summed E-state index contributed by atoms with van der Waals surface area (Å²) in [5, 5.41) is 7.67. The van der Waals surface area contributed by atoms with E-state index in [-0.39, 0.29) is 12.3 Å². The van der Waals surface area contributed by atoms with Crippen LogP contribution in [0.2, 0.25) is 10.0 Å². The summed E-state index contributed by atoms with van der Waals surface area (Å²) in [6, 6.07) is 13.2. The Morgan fingerprint density at radius 1 is 0.812 bits per heavy atom. The van der Waals surface area contributed by atoms with Crippen LogP contribution in [0, 0.1) is 0 Å². The number of nitrogens with one attached hydrogen (secondary N) is 2. The molecular weight excluding hydrogens is 441 g/mol. The summed E-state index contributed by atoms with van der Waals surface area (Å²) in [4.78, 5) is 18.1. The van der Waals surface area contributed by atoms with Crippen molar-refractivity contribution in [1.82, 2.24) is 4.98 Å². The molecule has 1 aromatic heterocycles. The number of amides is 1. The van der Waals surface area contributed by atoms with Crippen molar-refractivity contribution in [3.63, 3.8) is 0 Å². The molecule has 6 heteroatoms. The molecule has 2 aromatic carbocycles. The summed E-state index contributed by atoms with van der Waals surface area (Å²) in [5.41, 5.74) is 8.24. The third kappa shape index (κ3) is 4.22. The van der Waals surface area contributed by atoms with Gasteiger partial charge in [-0.3, -0.25) is 9.78 Å². The molecule has 0 spiro atoms. The van der Waals surface area contributed by atoms with Crippen LogP contribution < -0.4 is 10.6 Å². The van der Waals surface area contributed by atoms with Gasteiger partial charge in [-0.15, -0.1) is 0 Å². The summed E-state index contributed by atoms with van der Waals surface area (Å²) in [6.45, 7) is 0. The predicted octanol–water partition coefficient (Wildman–Crippen LogP) is 6.68. The number of pyridine rings is 1. The Hall–Kier alpha value is -2.56. The lowest BCUT2D eigenvalue weighted by molar-refractivity contribution is -0.115. The topological polar surface area (TPSA) is 54.0 Å². The fraction of sp³-hybridized carbons (Fsp3) is 0.308. The maximum absolute atomic E-state index is 13.2. The Balaban J connectivity index is 1.40. The van der Waals surface area contributed by atoms with E-state index < -0.39 is 0 Å². The van der Waals surface area contributed by atoms with Crippen molar-refractivity contribution in [1.29, 1.82) is 0 Å². The second-order valence-corrected chi connectivity index (χ2v) is 9.32. The maximum Gasteiger partial charge on any atom is 0.228 e. The highest BCUT2D eigenvalue weighted by Crippen LogP contribution is 2.37. The van der Waals surface area contributed by atoms with Crippen LogP contribution in [0.4, 0.5) is 17.1 Å². The zero-order chi connectivity index (χ0) is 22.1. The largest absolute Gasteiger partial charge is 0.353 e. The number of halogens is 2. The molecule has 164 valence electrons. The number of fused-ring (bicyclic) bond motifs is 2. The van der Waals surface area contributed by atoms with Gasteiger partial charge >= 0.3 is 0 Å². The average molecular weight is 466 g/mol. The standard InChI is InChI=1S/C26H25Cl2N3O/c27-19-10-6-11-20(28)26(19)30-21-12-3-1-7-16(21)15-24(32)31-25-17-8-2-4-13-22(17)29-23-14-5-9-18(23)25/h1,3,6-7,10-12,30H,2,4-5,8-9,13-15H2,(H,29,31,32). The van der Waals surface area contributed by atoms with Crippen molar-refractivity contribution >= 4 is 46.2 Å². The number of hydrogen-bond donors (Lipinski definition) is 2. The van der Waals surface area contributed by atoms with E-state index in [1.54, 1.807) is 12.1 Å². The van der Waals surface area contributed by atoms with E-state index in [2.05, 4.69) is 10.6 Å². The highest BCUT2D eigenvalue weighted by Gasteiger charge is 2.25. The Bertz CT molecular complexity index is 1170. The summed E-state index contributed by atoms with van der Waals surface area (Å²) in [5.74, 6) is -0.0161. The van der Waals surface area contributed by atoms with Gasteiger partial charge in [0.15, 0.2) is 0 Å². The zero-order valence-corrected chi connectivity index (χ0v) is 19.3. The van der Waals surface area contributed by atoms with Gasteiger partial charge in [-0.1, -0.05) is 47.5 Å². The molecule has 2 aliphatic rings. The van der Waals surface area contributed by atoms with E-state index in [0.717, 1.165) is 55.5 Å². The molecular formula is C26H25Cl2N3O. The zero-order valence-electron chi connectivity index (χ0n) is 17.8. The number of aromatic nitrogens is 1. The molecule has 0 fully saturated rings. The van der Waals surface area contributed by atoms with E-state index in [1.165, 1.54) is 28.9 Å². The van der Waals surface area contributed by atoms with Gasteiger partial charge < -0.3 is 10.6 Å². The number of anilines is 3. The fourth-order valence-corrected chi connectivity index (χ4v) is 5.30. The minimum atomic E-state index is -0.0161. The van der Waals surface area contributed by atoms with Gasteiger partial charge in [-0.25, -0.2) is 0 Å². The first kappa shape index (κ1) is 21.3. The van der Waals surface area contributed by atoms with Gasteiger partial charge in [0.05, 0.1) is 27.8 Å². The van der Waals surface area contributed by atoms with Gasteiger partial charge in [-0.05, 0) is 79.8 Å². The highest BCUT2D eigenvalue weighted by atomic mass is 35.5. The molecule has 0 radical (unpaired) electrons. The van der Waals surface area contributed by atoms with E-state index in [1.807, 2.05) is 30.3 Å². The van der Waals surface area contributed by atoms with Gasteiger partial charge in [0.1, 0.15) is 0 Å². The monoisotopic (exact) mass is 465 g/mol. The van der Waals surface area contributed by atoms with Gasteiger partial charge in [0.25, 0.3) is 0 Å². The van der Waals surface area contributed by atoms with Crippen LogP contribution in [0.25, 0.3) is 0 Å². The maximum atomic E-state index is 13.2. The predicted molar refractivity (Wildman–Crippen MR) is 131 cm³/mol. The first-order valence-electron chi connectivity index (χ1n) is 11.2. The number of hydrogen-bond acceptors (Lipinski definition) is 3. The highest BCUT2D eigenvalue weighted by molar-refractivity contribution is 6.39. The normalized spacial score (nSPS) is 14.6. The Labute approximate surface area is 198 Å². The Morgan fingerprint density at radius 3 is 2.25 bits per heavy atom. The number of benzene rings is 2. The van der Waals surface area contributed by atoms with Crippen molar-refractivity contribution in [3.8, 4) is 0 Å². The number of carbonyl (C=O) groups is 1. The smallest absolute Gasteiger partial charge is 0.228 e. The number of carbonyl (C=O) groups excluding carboxylic acids is 1. The van der Waals surface area contributed by atoms with Crippen molar-refractivity contribution in [3.05, 3.63) is 80.6 Å². The third-order valence-electron chi connectivity index (χ3n) is 6.36. The molecule has 0 saturated heterocycles. The van der Waals surface area contributed by atoms with Crippen molar-refractivity contribution < 1.29 is 4.79 Å². The van der Waals surface area contributed by atoms with Crippen LogP contribution in [0.3, 0.4) is 0 Å². The molecule has 1 heterocycles. The minimum absolute atomic E-state index is 0.0161. The van der Waals surface area contributed by atoms with E-state index in [0.29, 0.717) is 15.7 Å². The molecule has 0 atom stereocenters. The number of aryl methyl sites for hydroxylation is 2. The second-order valence-electron chi connectivity index (χ2n) is 8.50. The quantitative estimate of drug-likeness (QED) is 0.441. The lowest BCUT2D eigenvalue weighted by Crippen LogP contribution is -2.20. The van der Waals surface area contributed by atoms with Crippen LogP contribution >= 0.6 is 23.2 Å². The number of rotatable bonds is 5. The SMILES string of the molecule is O=C(Cc1ccccc1Nc1c(Cl)cccc1Cl)Nc1c2c(nc3c1CCC3)CCCC2. The third-order valence-corrected chi connectivity index (χ3v) is 6.99. The second kappa shape index (κ2) is 9.13. The molecule has 5 rings (SSSR count). The van der Waals surface area contributed by atoms with Crippen LogP contribution in [0.5, 0.6) is 0 Å². The molecule has 0 saturated carbocycles. The van der Waals surface area contributed by atoms with Gasteiger partial charge in [0.2, 0.25) is 5.91 Å². The Kier molecular flexibility index (Phi) is 6.07. The van der Waals surface area contributed by atoms with E-state index in [9.17, 15) is 4.79 Å². The van der Waals surface area contributed by atoms with Crippen LogP contribution in [0.1, 0.15) is 47.3 Å². The van der Waals surface area contributed by atoms with E-state index in [4.69, 9.17) is 28.2 Å². The molecule has 32 heavy (non-hydrogen) atoms. The molecule has 2 N–H and O–H groups in total. The molecule has 0 aliphatic heterocycles. The summed E-state index contributed by atoms with van der Waals surface area (Å²) >= 11 is 12.7. The lowest BCUT2D eigenvalue weighted by Gasteiger charge is -2.22. The summed E-state index contributed by atoms with van der Waals surface area (Å²) in [7, 11) is 0. The first-order valence-corrected chi connectivity index (χ1v) is 12.0. The number of nitrogens with zero attached hydrogens (tertiary/aromatic N) is 1. The summed E-state index contributed by atoms with van der Waals surface area (Å²) < 4.78 is 0. The van der Waals surface area contributed by atoms with Gasteiger partial charge in [0, 0.05) is 17.1 Å². The van der Waals surface area contributed by atoms with Gasteiger partial charge in [-0.2, -0.15) is 0 Å². The van der Waals surface area contributed by atoms with Crippen LogP contribution in [-0.4, -0.2) is 10.9 Å². The van der Waals surface area contributed by atoms with Crippen molar-refractivity contribution in [2.24, 2.45) is 0 Å². The molecule has 1 amide bonds. The first-order chi connectivity index (χ1) is 15.6. The molecule has 0 unspecified atom stereocenters. The number of para-hydroxylation sites is 2. The van der Waals surface area contributed by atoms with Crippen LogP contribution in [0.15, 0.2) is 42.5 Å². The van der Waals surface area contributed by atoms with Crippen molar-refractivity contribution in [2.75, 3.05) is 10.6 Å². The van der Waals surface area contributed by atoms with Crippen LogP contribution in [-0.2, 0) is 36.9 Å². The molecule has 3 aromatic rings. The Morgan fingerprint density at radius 2 is 1.47 bits per heavy atom. The van der Waals surface area contributed by atoms with Crippen molar-refractivity contribution in [2.45, 2.75) is 51.4 Å². The summed E-state index contributed by atoms with van der Waals surface area (Å²) in [6.07, 6.45) is 7.71. The minimum Gasteiger partial charge on any atom is -0.353 e. The fourth-order valence-electron chi connectivity index (χ4n) is 4.80. The molecule has 0 bridgehead atoms. The average Bonchev–Trinajstić information content (AvgIpc) is 3.26. The molecule has 4 nitrogen and oxygen atoms in total.